The predicted octanol–water partition coefficient (Wildman–Crippen LogP) is 4.10. The molecule has 3 aromatic carbocycles. The van der Waals surface area contributed by atoms with Crippen LogP contribution in [0, 0.1) is 0 Å². The van der Waals surface area contributed by atoms with E-state index in [9.17, 15) is 9.59 Å². The van der Waals surface area contributed by atoms with Crippen LogP contribution in [0.4, 0.5) is 11.4 Å². The molecule has 1 aliphatic rings. The van der Waals surface area contributed by atoms with E-state index in [4.69, 9.17) is 16.3 Å². The van der Waals surface area contributed by atoms with E-state index in [0.29, 0.717) is 22.0 Å². The molecule has 0 spiro atoms. The average Bonchev–Trinajstić information content (AvgIpc) is 2.90. The molecule has 0 aliphatic carbocycles. The normalized spacial score (nSPS) is 12.5. The molecule has 0 saturated heterocycles. The first kappa shape index (κ1) is 16.4. The highest BCUT2D eigenvalue weighted by Crippen LogP contribution is 2.37. The van der Waals surface area contributed by atoms with E-state index in [-0.39, 0.29) is 18.4 Å². The number of nitrogens with zero attached hydrogens (tertiary/aromatic N) is 1. The van der Waals surface area contributed by atoms with Crippen LogP contribution in [0.15, 0.2) is 54.6 Å². The molecular weight excluding hydrogens is 352 g/mol. The zero-order valence-corrected chi connectivity index (χ0v) is 14.7. The van der Waals surface area contributed by atoms with Gasteiger partial charge in [-0.2, -0.15) is 0 Å². The summed E-state index contributed by atoms with van der Waals surface area (Å²) < 4.78 is 5.24. The lowest BCUT2D eigenvalue weighted by atomic mass is 10.1. The Hall–Kier alpha value is -3.05. The van der Waals surface area contributed by atoms with E-state index >= 15 is 0 Å². The molecule has 0 bridgehead atoms. The van der Waals surface area contributed by atoms with E-state index in [2.05, 4.69) is 5.32 Å². The number of hydrogen-bond acceptors (Lipinski definition) is 3. The lowest BCUT2D eigenvalue weighted by molar-refractivity contribution is -0.114. The second kappa shape index (κ2) is 6.35. The maximum absolute atomic E-state index is 12.7. The van der Waals surface area contributed by atoms with Crippen molar-refractivity contribution in [2.24, 2.45) is 0 Å². The Morgan fingerprint density at radius 2 is 1.92 bits per heavy atom. The lowest BCUT2D eigenvalue weighted by Crippen LogP contribution is -2.35. The Labute approximate surface area is 155 Å². The van der Waals surface area contributed by atoms with Gasteiger partial charge < -0.3 is 10.1 Å². The predicted molar refractivity (Wildman–Crippen MR) is 102 cm³/mol. The zero-order chi connectivity index (χ0) is 18.3. The van der Waals surface area contributed by atoms with Crippen LogP contribution in [-0.2, 0) is 4.79 Å². The van der Waals surface area contributed by atoms with Gasteiger partial charge in [0.2, 0.25) is 5.91 Å². The third-order valence-corrected chi connectivity index (χ3v) is 4.62. The highest BCUT2D eigenvalue weighted by Gasteiger charge is 2.30. The Morgan fingerprint density at radius 3 is 2.69 bits per heavy atom. The summed E-state index contributed by atoms with van der Waals surface area (Å²) in [6.07, 6.45) is 0. The van der Waals surface area contributed by atoms with E-state index in [1.165, 1.54) is 12.0 Å². The maximum Gasteiger partial charge on any atom is 0.259 e. The summed E-state index contributed by atoms with van der Waals surface area (Å²) in [7, 11) is 1.51. The van der Waals surface area contributed by atoms with Gasteiger partial charge in [-0.25, -0.2) is 0 Å². The van der Waals surface area contributed by atoms with Crippen LogP contribution in [0.2, 0.25) is 5.02 Å². The van der Waals surface area contributed by atoms with Gasteiger partial charge in [0, 0.05) is 16.0 Å². The van der Waals surface area contributed by atoms with Crippen LogP contribution < -0.4 is 15.0 Å². The topological polar surface area (TPSA) is 58.6 Å². The monoisotopic (exact) mass is 366 g/mol. The van der Waals surface area contributed by atoms with Crippen molar-refractivity contribution in [3.05, 3.63) is 65.2 Å². The fraction of sp³-hybridized carbons (Fsp3) is 0.100. The molecule has 130 valence electrons. The standard InChI is InChI=1S/C20H15ClN2O3/c1-26-17-9-8-13(21)10-15(17)22-18(24)11-23-16-7-3-5-12-4-2-6-14(19(12)16)20(23)25/h2-10H,11H2,1H3,(H,22,24). The van der Waals surface area contributed by atoms with Crippen molar-refractivity contribution in [1.82, 2.24) is 0 Å². The fourth-order valence-corrected chi connectivity index (χ4v) is 3.42. The van der Waals surface area contributed by atoms with Gasteiger partial charge in [0.25, 0.3) is 5.91 Å². The molecule has 0 saturated carbocycles. The van der Waals surface area contributed by atoms with Crippen LogP contribution in [0.5, 0.6) is 5.75 Å². The Morgan fingerprint density at radius 1 is 1.15 bits per heavy atom. The molecule has 1 N–H and O–H groups in total. The van der Waals surface area contributed by atoms with Gasteiger partial charge in [0.05, 0.1) is 18.5 Å². The molecule has 3 aromatic rings. The second-order valence-electron chi connectivity index (χ2n) is 5.96. The number of ether oxygens (including phenoxy) is 1. The maximum atomic E-state index is 12.7. The number of hydrogen-bond donors (Lipinski definition) is 1. The van der Waals surface area contributed by atoms with E-state index < -0.39 is 0 Å². The van der Waals surface area contributed by atoms with Gasteiger partial charge in [-0.1, -0.05) is 35.9 Å². The number of benzene rings is 3. The third kappa shape index (κ3) is 2.66. The van der Waals surface area contributed by atoms with E-state index in [1.54, 1.807) is 24.3 Å². The summed E-state index contributed by atoms with van der Waals surface area (Å²) >= 11 is 5.99. The first-order valence-electron chi connectivity index (χ1n) is 8.05. The summed E-state index contributed by atoms with van der Waals surface area (Å²) in [4.78, 5) is 26.8. The van der Waals surface area contributed by atoms with Crippen LogP contribution >= 0.6 is 11.6 Å². The summed E-state index contributed by atoms with van der Waals surface area (Å²) in [5, 5.41) is 5.11. The molecular formula is C20H15ClN2O3. The lowest BCUT2D eigenvalue weighted by Gasteiger charge is -2.18. The van der Waals surface area contributed by atoms with Crippen LogP contribution in [0.25, 0.3) is 10.8 Å². The van der Waals surface area contributed by atoms with Crippen molar-refractivity contribution in [2.45, 2.75) is 0 Å². The summed E-state index contributed by atoms with van der Waals surface area (Å²) in [6.45, 7) is -0.0949. The zero-order valence-electron chi connectivity index (χ0n) is 14.0. The van der Waals surface area contributed by atoms with Gasteiger partial charge in [-0.05, 0) is 35.7 Å². The highest BCUT2D eigenvalue weighted by molar-refractivity contribution is 6.31. The Balaban J connectivity index is 1.61. The molecule has 5 nitrogen and oxygen atoms in total. The number of nitrogens with one attached hydrogen (secondary N) is 1. The second-order valence-corrected chi connectivity index (χ2v) is 6.40. The molecule has 6 heteroatoms. The number of halogens is 1. The number of rotatable bonds is 4. The van der Waals surface area contributed by atoms with Crippen molar-refractivity contribution in [3.63, 3.8) is 0 Å². The van der Waals surface area contributed by atoms with Crippen molar-refractivity contribution in [3.8, 4) is 5.75 Å². The number of carbonyl (C=O) groups excluding carboxylic acids is 2. The number of amides is 2. The first-order chi connectivity index (χ1) is 12.6. The van der Waals surface area contributed by atoms with Crippen LogP contribution in [-0.4, -0.2) is 25.5 Å². The Kier molecular flexibility index (Phi) is 4.01. The minimum atomic E-state index is -0.330. The molecule has 0 unspecified atom stereocenters. The average molecular weight is 367 g/mol. The molecule has 2 amide bonds. The minimum absolute atomic E-state index is 0.0949. The van der Waals surface area contributed by atoms with Gasteiger partial charge in [-0.3, -0.25) is 14.5 Å². The van der Waals surface area contributed by atoms with Gasteiger partial charge >= 0.3 is 0 Å². The first-order valence-corrected chi connectivity index (χ1v) is 8.43. The minimum Gasteiger partial charge on any atom is -0.495 e. The number of anilines is 2. The van der Waals surface area contributed by atoms with Crippen molar-refractivity contribution in [1.29, 1.82) is 0 Å². The third-order valence-electron chi connectivity index (χ3n) is 4.39. The van der Waals surface area contributed by atoms with Gasteiger partial charge in [0.15, 0.2) is 0 Å². The molecule has 1 heterocycles. The van der Waals surface area contributed by atoms with Gasteiger partial charge in [-0.15, -0.1) is 0 Å². The van der Waals surface area contributed by atoms with Crippen molar-refractivity contribution >= 4 is 45.6 Å². The molecule has 0 atom stereocenters. The summed E-state index contributed by atoms with van der Waals surface area (Å²) in [6, 6.07) is 16.2. The molecule has 0 aromatic heterocycles. The van der Waals surface area contributed by atoms with Crippen molar-refractivity contribution < 1.29 is 14.3 Å². The summed E-state index contributed by atoms with van der Waals surface area (Å²) in [5.41, 5.74) is 1.83. The summed E-state index contributed by atoms with van der Waals surface area (Å²) in [5.74, 6) is -0.00498. The van der Waals surface area contributed by atoms with E-state index in [0.717, 1.165) is 16.5 Å². The molecule has 4 rings (SSSR count). The van der Waals surface area contributed by atoms with Crippen molar-refractivity contribution in [2.75, 3.05) is 23.9 Å². The number of methoxy groups -OCH3 is 1. The Bertz CT molecular complexity index is 1040. The quantitative estimate of drug-likeness (QED) is 0.756. The number of carbonyl (C=O) groups is 2. The van der Waals surface area contributed by atoms with E-state index in [1.807, 2.05) is 30.3 Å². The fourth-order valence-electron chi connectivity index (χ4n) is 3.25. The van der Waals surface area contributed by atoms with Crippen LogP contribution in [0.3, 0.4) is 0 Å². The highest BCUT2D eigenvalue weighted by atomic mass is 35.5. The molecule has 26 heavy (non-hydrogen) atoms. The smallest absolute Gasteiger partial charge is 0.259 e. The molecule has 0 fully saturated rings. The van der Waals surface area contributed by atoms with Crippen LogP contribution in [0.1, 0.15) is 10.4 Å². The SMILES string of the molecule is COc1ccc(Cl)cc1NC(=O)CN1C(=O)c2cccc3cccc1c23. The van der Waals surface area contributed by atoms with Gasteiger partial charge in [0.1, 0.15) is 12.3 Å². The largest absolute Gasteiger partial charge is 0.495 e. The molecule has 0 radical (unpaired) electrons. The molecule has 1 aliphatic heterocycles.